The molecule has 0 rings (SSSR count). The van der Waals surface area contributed by atoms with Gasteiger partial charge in [-0.3, -0.25) is 0 Å². The van der Waals surface area contributed by atoms with Crippen molar-refractivity contribution in [2.24, 2.45) is 0 Å². The lowest BCUT2D eigenvalue weighted by Gasteiger charge is -1.96. The van der Waals surface area contributed by atoms with Gasteiger partial charge in [0.05, 0.1) is 13.7 Å². The Kier molecular flexibility index (Phi) is 4.58. The Balaban J connectivity index is 3.77. The molecule has 0 radical (unpaired) electrons. The third-order valence-corrected chi connectivity index (χ3v) is 0.937. The topological polar surface area (TPSA) is 35.5 Å². The monoisotopic (exact) mass is 144 g/mol. The van der Waals surface area contributed by atoms with Crippen LogP contribution in [0.25, 0.3) is 0 Å². The average Bonchev–Trinajstić information content (AvgIpc) is 1.88. The fourth-order valence-electron chi connectivity index (χ4n) is 0.529. The summed E-state index contributed by atoms with van der Waals surface area (Å²) in [6, 6.07) is 0. The van der Waals surface area contributed by atoms with Crippen LogP contribution in [-0.2, 0) is 14.3 Å². The number of rotatable bonds is 3. The lowest BCUT2D eigenvalue weighted by atomic mass is 10.3. The van der Waals surface area contributed by atoms with Gasteiger partial charge in [-0.25, -0.2) is 4.79 Å². The molecule has 0 heterocycles. The molecule has 3 heteroatoms. The molecule has 10 heavy (non-hydrogen) atoms. The summed E-state index contributed by atoms with van der Waals surface area (Å²) in [4.78, 5) is 10.5. The maximum atomic E-state index is 10.5. The van der Waals surface area contributed by atoms with E-state index in [1.54, 1.807) is 14.0 Å². The van der Waals surface area contributed by atoms with Crippen molar-refractivity contribution in [3.63, 3.8) is 0 Å². The maximum absolute atomic E-state index is 10.5. The van der Waals surface area contributed by atoms with Crippen LogP contribution >= 0.6 is 0 Å². The highest BCUT2D eigenvalue weighted by Crippen LogP contribution is 1.92. The first-order valence-electron chi connectivity index (χ1n) is 2.94. The first kappa shape index (κ1) is 9.17. The van der Waals surface area contributed by atoms with Gasteiger partial charge in [0, 0.05) is 13.2 Å². The Hall–Kier alpha value is -0.830. The van der Waals surface area contributed by atoms with E-state index in [1.165, 1.54) is 13.2 Å². The highest BCUT2D eigenvalue weighted by atomic mass is 16.5. The normalized spacial score (nSPS) is 11.3. The fourth-order valence-corrected chi connectivity index (χ4v) is 0.529. The summed E-state index contributed by atoms with van der Waals surface area (Å²) in [7, 11) is 2.92. The van der Waals surface area contributed by atoms with Crippen molar-refractivity contribution in [3.8, 4) is 0 Å². The molecule has 0 amide bonds. The zero-order chi connectivity index (χ0) is 7.98. The van der Waals surface area contributed by atoms with E-state index in [0.29, 0.717) is 6.61 Å². The van der Waals surface area contributed by atoms with Gasteiger partial charge in [-0.2, -0.15) is 0 Å². The minimum absolute atomic E-state index is 0.338. The molecule has 0 saturated carbocycles. The van der Waals surface area contributed by atoms with E-state index in [2.05, 4.69) is 4.74 Å². The van der Waals surface area contributed by atoms with Gasteiger partial charge in [-0.1, -0.05) is 0 Å². The first-order valence-corrected chi connectivity index (χ1v) is 2.94. The third-order valence-electron chi connectivity index (χ3n) is 0.937. The third kappa shape index (κ3) is 4.09. The molecule has 0 aliphatic carbocycles. The molecule has 0 aromatic heterocycles. The number of hydrogen-bond donors (Lipinski definition) is 0. The summed E-state index contributed by atoms with van der Waals surface area (Å²) in [6.07, 6.45) is 1.41. The van der Waals surface area contributed by atoms with E-state index in [1.807, 2.05) is 0 Å². The van der Waals surface area contributed by atoms with Crippen LogP contribution in [0.1, 0.15) is 6.92 Å². The average molecular weight is 144 g/mol. The predicted molar refractivity (Wildman–Crippen MR) is 37.6 cm³/mol. The van der Waals surface area contributed by atoms with Crippen molar-refractivity contribution in [2.45, 2.75) is 6.92 Å². The van der Waals surface area contributed by atoms with Gasteiger partial charge in [-0.05, 0) is 12.5 Å². The molecule has 0 atom stereocenters. The second-order valence-electron chi connectivity index (χ2n) is 1.95. The number of hydrogen-bond acceptors (Lipinski definition) is 3. The number of carbonyl (C=O) groups excluding carboxylic acids is 1. The largest absolute Gasteiger partial charge is 0.466 e. The Morgan fingerprint density at radius 2 is 2.10 bits per heavy atom. The second-order valence-corrected chi connectivity index (χ2v) is 1.95. The Morgan fingerprint density at radius 1 is 1.50 bits per heavy atom. The number of esters is 1. The lowest BCUT2D eigenvalue weighted by Crippen LogP contribution is -1.98. The van der Waals surface area contributed by atoms with Crippen molar-refractivity contribution in [1.82, 2.24) is 0 Å². The van der Waals surface area contributed by atoms with Gasteiger partial charge in [0.1, 0.15) is 0 Å². The van der Waals surface area contributed by atoms with Crippen molar-refractivity contribution in [3.05, 3.63) is 11.6 Å². The van der Waals surface area contributed by atoms with Crippen LogP contribution in [0.15, 0.2) is 11.6 Å². The summed E-state index contributed by atoms with van der Waals surface area (Å²) < 4.78 is 9.17. The zero-order valence-corrected chi connectivity index (χ0v) is 6.51. The fraction of sp³-hybridized carbons (Fsp3) is 0.571. The van der Waals surface area contributed by atoms with Crippen molar-refractivity contribution in [1.29, 1.82) is 0 Å². The van der Waals surface area contributed by atoms with E-state index in [0.717, 1.165) is 5.57 Å². The van der Waals surface area contributed by atoms with Gasteiger partial charge in [0.2, 0.25) is 0 Å². The molecule has 0 bridgehead atoms. The van der Waals surface area contributed by atoms with E-state index in [9.17, 15) is 4.79 Å². The predicted octanol–water partition coefficient (Wildman–Crippen LogP) is 0.752. The number of ether oxygens (including phenoxy) is 2. The Labute approximate surface area is 60.6 Å². The van der Waals surface area contributed by atoms with Gasteiger partial charge >= 0.3 is 5.97 Å². The molecule has 0 saturated heterocycles. The molecule has 0 aliphatic heterocycles. The first-order chi connectivity index (χ1) is 4.70. The molecule has 0 aromatic rings. The molecule has 3 nitrogen and oxygen atoms in total. The smallest absolute Gasteiger partial charge is 0.330 e. The van der Waals surface area contributed by atoms with E-state index in [4.69, 9.17) is 4.74 Å². The maximum Gasteiger partial charge on any atom is 0.330 e. The molecular weight excluding hydrogens is 132 g/mol. The van der Waals surface area contributed by atoms with Crippen LogP contribution < -0.4 is 0 Å². The highest BCUT2D eigenvalue weighted by Gasteiger charge is 1.94. The summed E-state index contributed by atoms with van der Waals surface area (Å²) in [5.41, 5.74) is 0.856. The molecule has 0 unspecified atom stereocenters. The van der Waals surface area contributed by atoms with Crippen LogP contribution in [0.4, 0.5) is 0 Å². The van der Waals surface area contributed by atoms with Gasteiger partial charge in [0.25, 0.3) is 0 Å². The molecule has 58 valence electrons. The van der Waals surface area contributed by atoms with Crippen LogP contribution in [0.2, 0.25) is 0 Å². The minimum atomic E-state index is -0.338. The van der Waals surface area contributed by atoms with Gasteiger partial charge < -0.3 is 9.47 Å². The van der Waals surface area contributed by atoms with Crippen LogP contribution in [0, 0.1) is 0 Å². The van der Waals surface area contributed by atoms with E-state index >= 15 is 0 Å². The number of methoxy groups -OCH3 is 2. The van der Waals surface area contributed by atoms with Crippen molar-refractivity contribution >= 4 is 5.97 Å². The second kappa shape index (κ2) is 4.99. The summed E-state index contributed by atoms with van der Waals surface area (Å²) in [5.74, 6) is -0.338. The molecule has 0 aromatic carbocycles. The molecule has 0 fully saturated rings. The quantitative estimate of drug-likeness (QED) is 0.433. The van der Waals surface area contributed by atoms with Crippen LogP contribution in [0.5, 0.6) is 0 Å². The van der Waals surface area contributed by atoms with Gasteiger partial charge in [0.15, 0.2) is 0 Å². The van der Waals surface area contributed by atoms with Crippen molar-refractivity contribution < 1.29 is 14.3 Å². The molecule has 0 spiro atoms. The Morgan fingerprint density at radius 3 is 2.50 bits per heavy atom. The van der Waals surface area contributed by atoms with Crippen LogP contribution in [0.3, 0.4) is 0 Å². The molecule has 0 N–H and O–H groups in total. The molecular formula is C7H12O3. The molecule has 0 aliphatic rings. The lowest BCUT2D eigenvalue weighted by molar-refractivity contribution is -0.134. The van der Waals surface area contributed by atoms with Crippen molar-refractivity contribution in [2.75, 3.05) is 20.8 Å². The summed E-state index contributed by atoms with van der Waals surface area (Å²) >= 11 is 0. The zero-order valence-electron chi connectivity index (χ0n) is 6.51. The van der Waals surface area contributed by atoms with E-state index < -0.39 is 0 Å². The minimum Gasteiger partial charge on any atom is -0.466 e. The standard InChI is InChI=1S/C7H12O3/c1-6(5-9-2)4-7(8)10-3/h4H,5H2,1-3H3. The summed E-state index contributed by atoms with van der Waals surface area (Å²) in [5, 5.41) is 0. The number of carbonyl (C=O) groups is 1. The van der Waals surface area contributed by atoms with Gasteiger partial charge in [-0.15, -0.1) is 0 Å². The van der Waals surface area contributed by atoms with Crippen LogP contribution in [-0.4, -0.2) is 26.8 Å². The van der Waals surface area contributed by atoms with E-state index in [-0.39, 0.29) is 5.97 Å². The SMILES string of the molecule is COCC(C)=CC(=O)OC. The Bertz CT molecular complexity index is 138. The highest BCUT2D eigenvalue weighted by molar-refractivity contribution is 5.82. The summed E-state index contributed by atoms with van der Waals surface area (Å²) in [6.45, 7) is 2.27.